The minimum Gasteiger partial charge on any atom is -0.741 e. The van der Waals surface area contributed by atoms with Gasteiger partial charge in [0.2, 0.25) is 5.82 Å². The fourth-order valence-corrected chi connectivity index (χ4v) is 3.95. The number of carbonyl (C=O) groups is 5. The molecule has 0 saturated heterocycles. The van der Waals surface area contributed by atoms with E-state index in [0.717, 1.165) is 5.82 Å². The predicted octanol–water partition coefficient (Wildman–Crippen LogP) is 4.07. The molecule has 0 fully saturated rings. The second-order valence-electron chi connectivity index (χ2n) is 16.0. The summed E-state index contributed by atoms with van der Waals surface area (Å²) in [6.07, 6.45) is 2.53. The van der Waals surface area contributed by atoms with E-state index in [1.54, 1.807) is 68.4 Å². The van der Waals surface area contributed by atoms with Crippen LogP contribution in [0.3, 0.4) is 0 Å². The molecule has 3 N–H and O–H groups in total. The quantitative estimate of drug-likeness (QED) is 0.0606. The number of hydrogen-bond donors (Lipinski definition) is 3. The average molecular weight is 800 g/mol. The molecule has 0 aliphatic rings. The Hall–Kier alpha value is -4.04. The van der Waals surface area contributed by atoms with Crippen LogP contribution in [0.15, 0.2) is 18.3 Å². The molecule has 0 aromatic carbocycles. The van der Waals surface area contributed by atoms with Crippen LogP contribution >= 0.6 is 0 Å². The first kappa shape index (κ1) is 50.0. The number of unbranched alkanes of at least 4 members (excludes halogenated alkanes) is 1. The summed E-state index contributed by atoms with van der Waals surface area (Å²) >= 11 is 0. The van der Waals surface area contributed by atoms with Gasteiger partial charge in [-0.1, -0.05) is 0 Å². The lowest BCUT2D eigenvalue weighted by molar-refractivity contribution is -0.159. The third kappa shape index (κ3) is 22.2. The monoisotopic (exact) mass is 799 g/mol. The molecule has 3 amide bonds. The van der Waals surface area contributed by atoms with Crippen LogP contribution < -0.4 is 20.4 Å². The van der Waals surface area contributed by atoms with Gasteiger partial charge in [0, 0.05) is 25.2 Å². The summed E-state index contributed by atoms with van der Waals surface area (Å²) in [7, 11) is -0.140. The first-order valence-electron chi connectivity index (χ1n) is 16.9. The van der Waals surface area contributed by atoms with E-state index in [1.165, 1.54) is 6.20 Å². The van der Waals surface area contributed by atoms with Gasteiger partial charge in [-0.3, -0.25) is 14.1 Å². The number of alkyl halides is 3. The second kappa shape index (κ2) is 20.0. The van der Waals surface area contributed by atoms with Gasteiger partial charge < -0.3 is 34.7 Å². The number of pyridine rings is 1. The van der Waals surface area contributed by atoms with Crippen molar-refractivity contribution in [2.45, 2.75) is 129 Å². The van der Waals surface area contributed by atoms with E-state index in [0.29, 0.717) is 29.4 Å². The maximum atomic E-state index is 13.1. The van der Waals surface area contributed by atoms with Crippen molar-refractivity contribution >= 4 is 45.8 Å². The second-order valence-corrected chi connectivity index (χ2v) is 17.4. The van der Waals surface area contributed by atoms with Gasteiger partial charge >= 0.3 is 29.4 Å². The van der Waals surface area contributed by atoms with Crippen molar-refractivity contribution in [3.8, 4) is 0 Å². The summed E-state index contributed by atoms with van der Waals surface area (Å²) in [5.41, 5.74) is -7.55. The highest BCUT2D eigenvalue weighted by Gasteiger charge is 2.37. The number of halogens is 3. The molecule has 0 spiro atoms. The summed E-state index contributed by atoms with van der Waals surface area (Å²) in [4.78, 5) is 68.2. The summed E-state index contributed by atoms with van der Waals surface area (Å²) in [6.45, 7) is 15.8. The largest absolute Gasteiger partial charge is 0.741 e. The highest BCUT2D eigenvalue weighted by atomic mass is 32.2. The molecule has 0 unspecified atom stereocenters. The van der Waals surface area contributed by atoms with Crippen molar-refractivity contribution in [2.75, 3.05) is 27.7 Å². The van der Waals surface area contributed by atoms with Crippen LogP contribution in [0.1, 0.15) is 105 Å². The van der Waals surface area contributed by atoms with E-state index in [2.05, 4.69) is 20.9 Å². The van der Waals surface area contributed by atoms with Crippen LogP contribution in [0.5, 0.6) is 0 Å². The average Bonchev–Trinajstić information content (AvgIpc) is 2.94. The van der Waals surface area contributed by atoms with Crippen molar-refractivity contribution in [1.29, 1.82) is 0 Å². The first-order chi connectivity index (χ1) is 24.1. The third-order valence-electron chi connectivity index (χ3n) is 6.24. The Labute approximate surface area is 315 Å². The van der Waals surface area contributed by atoms with Gasteiger partial charge in [-0.05, 0) is 94.1 Å². The van der Waals surface area contributed by atoms with Gasteiger partial charge in [0.15, 0.2) is 10.1 Å². The minimum atomic E-state index is -6.09. The number of carbonyl (C=O) groups excluding carboxylic acids is 5. The number of ether oxygens (including phenoxy) is 3. The lowest BCUT2D eigenvalue weighted by Crippen LogP contribution is -2.53. The van der Waals surface area contributed by atoms with Crippen molar-refractivity contribution in [1.82, 2.24) is 25.4 Å². The molecule has 0 aliphatic carbocycles. The number of quaternary nitrogens is 1. The number of nitrogens with one attached hydrogen (secondary N) is 3. The SMILES string of the molecule is CC(C)(C)OC(=O)CC[C@H](NC(=O)N[C@@H](CCCCNC(=O)c1ccc([N+](C)(C)C)nc1)C(=O)OC(C)(C)C)C(=O)OC(C)(C)C.O=S(=O)([O-])C(F)(F)F. The molecule has 0 radical (unpaired) electrons. The van der Waals surface area contributed by atoms with Crippen LogP contribution in [-0.4, -0.2) is 110 Å². The van der Waals surface area contributed by atoms with Crippen LogP contribution in [0.4, 0.5) is 23.8 Å². The summed E-state index contributed by atoms with van der Waals surface area (Å²) in [5, 5.41) is 8.00. The Kier molecular flexibility index (Phi) is 18.5. The maximum absolute atomic E-state index is 13.1. The Bertz CT molecular complexity index is 1530. The predicted molar refractivity (Wildman–Crippen MR) is 192 cm³/mol. The van der Waals surface area contributed by atoms with E-state index >= 15 is 0 Å². The van der Waals surface area contributed by atoms with E-state index in [9.17, 15) is 37.1 Å². The van der Waals surface area contributed by atoms with E-state index < -0.39 is 68.5 Å². The molecule has 1 rings (SSSR count). The number of rotatable bonds is 14. The molecule has 1 heterocycles. The topological polar surface area (TPSA) is 219 Å². The van der Waals surface area contributed by atoms with Crippen molar-refractivity contribution in [2.24, 2.45) is 0 Å². The van der Waals surface area contributed by atoms with Gasteiger partial charge in [0.1, 0.15) is 28.9 Å². The minimum absolute atomic E-state index is 0.0678. The van der Waals surface area contributed by atoms with Crippen molar-refractivity contribution in [3.63, 3.8) is 0 Å². The molecule has 1 aromatic heterocycles. The number of aromatic nitrogens is 1. The zero-order chi connectivity index (χ0) is 42.5. The molecule has 16 nitrogen and oxygen atoms in total. The lowest BCUT2D eigenvalue weighted by Gasteiger charge is -2.27. The molecule has 0 saturated carbocycles. The lowest BCUT2D eigenvalue weighted by atomic mass is 10.1. The Morgan fingerprint density at radius 1 is 0.778 bits per heavy atom. The van der Waals surface area contributed by atoms with Crippen LogP contribution in [0, 0.1) is 0 Å². The van der Waals surface area contributed by atoms with Crippen molar-refractivity contribution in [3.05, 3.63) is 23.9 Å². The maximum Gasteiger partial charge on any atom is 0.485 e. The smallest absolute Gasteiger partial charge is 0.485 e. The molecule has 20 heteroatoms. The van der Waals surface area contributed by atoms with Crippen molar-refractivity contribution < 1.29 is 64.3 Å². The molecular weight excluding hydrogens is 743 g/mol. The van der Waals surface area contributed by atoms with E-state index in [1.807, 2.05) is 27.2 Å². The zero-order valence-corrected chi connectivity index (χ0v) is 33.9. The fraction of sp³-hybridized carbons (Fsp3) is 0.706. The van der Waals surface area contributed by atoms with E-state index in [4.69, 9.17) is 27.2 Å². The Morgan fingerprint density at radius 2 is 1.22 bits per heavy atom. The molecular formula is C34H56F3N5O11S. The molecule has 0 aliphatic heterocycles. The number of amides is 3. The van der Waals surface area contributed by atoms with Gasteiger partial charge in [-0.15, -0.1) is 0 Å². The van der Waals surface area contributed by atoms with Crippen LogP contribution in [0.2, 0.25) is 0 Å². The van der Waals surface area contributed by atoms with Gasteiger partial charge in [-0.2, -0.15) is 13.2 Å². The van der Waals surface area contributed by atoms with E-state index in [-0.39, 0.29) is 25.2 Å². The zero-order valence-electron chi connectivity index (χ0n) is 33.1. The molecule has 2 atom stereocenters. The molecule has 54 heavy (non-hydrogen) atoms. The first-order valence-corrected chi connectivity index (χ1v) is 18.3. The standard InChI is InChI=1S/C33H55N5O8.CHF3O3S/c1-31(2,3)44-26(39)19-17-24(29(42)46-33(7,8)9)37-30(43)36-23(28(41)45-32(4,5)6)15-13-14-20-34-27(40)22-16-18-25(35-21-22)38(10,11)12;2-1(3,4)8(5,6)7/h16,18,21,23-24H,13-15,17,19-20H2,1-12H3,(H2-,34,36,37,40,43);(H,5,6,7)/t23-,24-;/m0./s1. The molecule has 1 aromatic rings. The van der Waals surface area contributed by atoms with Gasteiger partial charge in [-0.25, -0.2) is 27.8 Å². The van der Waals surface area contributed by atoms with Gasteiger partial charge in [0.25, 0.3) is 5.91 Å². The summed E-state index contributed by atoms with van der Waals surface area (Å²) in [6, 6.07) is 0.524. The number of urea groups is 1. The normalized spacial score (nSPS) is 13.6. The Morgan fingerprint density at radius 3 is 1.59 bits per heavy atom. The summed E-state index contributed by atoms with van der Waals surface area (Å²) in [5.74, 6) is -1.34. The number of hydrogen-bond acceptors (Lipinski definition) is 12. The van der Waals surface area contributed by atoms with Crippen LogP contribution in [0.25, 0.3) is 0 Å². The highest BCUT2D eigenvalue weighted by molar-refractivity contribution is 7.86. The molecule has 310 valence electrons. The third-order valence-corrected chi connectivity index (χ3v) is 6.80. The fourth-order valence-electron chi connectivity index (χ4n) is 3.95. The number of nitrogens with zero attached hydrogens (tertiary/aromatic N) is 2. The molecule has 0 bridgehead atoms. The highest BCUT2D eigenvalue weighted by Crippen LogP contribution is 2.20. The summed E-state index contributed by atoms with van der Waals surface area (Å²) < 4.78 is 75.7. The van der Waals surface area contributed by atoms with Gasteiger partial charge in [0.05, 0.1) is 26.7 Å². The number of esters is 3. The Balaban J connectivity index is 0.00000313. The van der Waals surface area contributed by atoms with Crippen LogP contribution in [-0.2, 0) is 38.7 Å².